The van der Waals surface area contributed by atoms with Gasteiger partial charge in [-0.3, -0.25) is 0 Å². The largest absolute Gasteiger partial charge is 0.493 e. The molecule has 0 spiro atoms. The van der Waals surface area contributed by atoms with E-state index < -0.39 is 6.10 Å². The summed E-state index contributed by atoms with van der Waals surface area (Å²) in [5.41, 5.74) is 1.84. The Labute approximate surface area is 105 Å². The molecule has 0 bridgehead atoms. The van der Waals surface area contributed by atoms with Crippen molar-refractivity contribution in [2.75, 3.05) is 14.2 Å². The third kappa shape index (κ3) is 2.33. The minimum absolute atomic E-state index is 0.538. The number of benzene rings is 1. The molecule has 1 atom stereocenters. The zero-order valence-corrected chi connectivity index (χ0v) is 11.6. The second kappa shape index (κ2) is 5.55. The molecule has 0 aromatic heterocycles. The fraction of sp³-hybridized carbons (Fsp3) is 0.500. The number of rotatable bonds is 4. The standard InChI is InChI=1S/C12H17BrO3/c1-5-8-11(7(2)14)9(13)6-10(15-3)12(8)16-4/h6-7,14H,5H2,1-4H3. The van der Waals surface area contributed by atoms with Gasteiger partial charge in [0.05, 0.1) is 20.3 Å². The monoisotopic (exact) mass is 288 g/mol. The van der Waals surface area contributed by atoms with Crippen molar-refractivity contribution in [2.24, 2.45) is 0 Å². The Morgan fingerprint density at radius 2 is 2.00 bits per heavy atom. The summed E-state index contributed by atoms with van der Waals surface area (Å²) in [6.07, 6.45) is 0.239. The molecule has 16 heavy (non-hydrogen) atoms. The average molecular weight is 289 g/mol. The third-order valence-electron chi connectivity index (χ3n) is 2.53. The molecule has 0 amide bonds. The van der Waals surface area contributed by atoms with E-state index in [1.165, 1.54) is 0 Å². The minimum atomic E-state index is -0.538. The zero-order chi connectivity index (χ0) is 12.3. The van der Waals surface area contributed by atoms with Crippen LogP contribution >= 0.6 is 15.9 Å². The van der Waals surface area contributed by atoms with Gasteiger partial charge < -0.3 is 14.6 Å². The lowest BCUT2D eigenvalue weighted by molar-refractivity contribution is 0.196. The maximum Gasteiger partial charge on any atom is 0.164 e. The number of hydrogen-bond acceptors (Lipinski definition) is 3. The summed E-state index contributed by atoms with van der Waals surface area (Å²) in [7, 11) is 3.21. The van der Waals surface area contributed by atoms with Crippen molar-refractivity contribution in [3.05, 3.63) is 21.7 Å². The summed E-state index contributed by atoms with van der Waals surface area (Å²) in [4.78, 5) is 0. The topological polar surface area (TPSA) is 38.7 Å². The molecule has 1 N–H and O–H groups in total. The van der Waals surface area contributed by atoms with Crippen LogP contribution in [0, 0.1) is 0 Å². The van der Waals surface area contributed by atoms with Crippen LogP contribution in [0.4, 0.5) is 0 Å². The molecule has 0 aliphatic heterocycles. The van der Waals surface area contributed by atoms with Crippen LogP contribution in [0.2, 0.25) is 0 Å². The number of hydrogen-bond donors (Lipinski definition) is 1. The first kappa shape index (κ1) is 13.3. The van der Waals surface area contributed by atoms with Gasteiger partial charge >= 0.3 is 0 Å². The van der Waals surface area contributed by atoms with Crippen LogP contribution in [-0.4, -0.2) is 19.3 Å². The highest BCUT2D eigenvalue weighted by molar-refractivity contribution is 9.10. The number of aliphatic hydroxyl groups excluding tert-OH is 1. The van der Waals surface area contributed by atoms with Crippen molar-refractivity contribution >= 4 is 15.9 Å². The quantitative estimate of drug-likeness (QED) is 0.925. The highest BCUT2D eigenvalue weighted by Gasteiger charge is 2.19. The maximum atomic E-state index is 9.77. The fourth-order valence-corrected chi connectivity index (χ4v) is 2.63. The molecule has 0 aliphatic rings. The molecule has 0 radical (unpaired) electrons. The van der Waals surface area contributed by atoms with Gasteiger partial charge in [0.15, 0.2) is 11.5 Å². The van der Waals surface area contributed by atoms with Crippen molar-refractivity contribution in [2.45, 2.75) is 26.4 Å². The molecular formula is C12H17BrO3. The minimum Gasteiger partial charge on any atom is -0.493 e. The van der Waals surface area contributed by atoms with Crippen molar-refractivity contribution < 1.29 is 14.6 Å². The fourth-order valence-electron chi connectivity index (χ4n) is 1.85. The lowest BCUT2D eigenvalue weighted by Gasteiger charge is -2.19. The van der Waals surface area contributed by atoms with E-state index in [2.05, 4.69) is 15.9 Å². The van der Waals surface area contributed by atoms with Crippen LogP contribution in [0.5, 0.6) is 11.5 Å². The van der Waals surface area contributed by atoms with E-state index >= 15 is 0 Å². The predicted octanol–water partition coefficient (Wildman–Crippen LogP) is 3.08. The van der Waals surface area contributed by atoms with Gasteiger partial charge in [-0.2, -0.15) is 0 Å². The zero-order valence-electron chi connectivity index (χ0n) is 10.0. The van der Waals surface area contributed by atoms with Gasteiger partial charge in [-0.25, -0.2) is 0 Å². The van der Waals surface area contributed by atoms with Crippen LogP contribution in [0.15, 0.2) is 10.5 Å². The normalized spacial score (nSPS) is 12.4. The van der Waals surface area contributed by atoms with E-state index in [9.17, 15) is 5.11 Å². The first-order valence-electron chi connectivity index (χ1n) is 5.18. The van der Waals surface area contributed by atoms with Gasteiger partial charge in [0.1, 0.15) is 0 Å². The van der Waals surface area contributed by atoms with Gasteiger partial charge in [0, 0.05) is 15.6 Å². The molecule has 0 fully saturated rings. The van der Waals surface area contributed by atoms with Crippen molar-refractivity contribution in [1.29, 1.82) is 0 Å². The smallest absolute Gasteiger partial charge is 0.164 e. The first-order valence-corrected chi connectivity index (χ1v) is 5.97. The molecule has 0 saturated carbocycles. The van der Waals surface area contributed by atoms with Gasteiger partial charge in [-0.05, 0) is 19.4 Å². The summed E-state index contributed by atoms with van der Waals surface area (Å²) in [5, 5.41) is 9.77. The van der Waals surface area contributed by atoms with Crippen LogP contribution in [-0.2, 0) is 6.42 Å². The number of halogens is 1. The van der Waals surface area contributed by atoms with E-state index in [-0.39, 0.29) is 0 Å². The van der Waals surface area contributed by atoms with E-state index in [0.717, 1.165) is 22.0 Å². The Bertz CT molecular complexity index is 375. The Kier molecular flexibility index (Phi) is 4.62. The van der Waals surface area contributed by atoms with Crippen LogP contribution < -0.4 is 9.47 Å². The van der Waals surface area contributed by atoms with Crippen LogP contribution in [0.1, 0.15) is 31.1 Å². The molecule has 4 heteroatoms. The molecule has 1 aromatic rings. The van der Waals surface area contributed by atoms with Crippen LogP contribution in [0.3, 0.4) is 0 Å². The number of ether oxygens (including phenoxy) is 2. The second-order valence-corrected chi connectivity index (χ2v) is 4.37. The van der Waals surface area contributed by atoms with Gasteiger partial charge in [0.25, 0.3) is 0 Å². The summed E-state index contributed by atoms with van der Waals surface area (Å²) >= 11 is 3.45. The molecule has 1 aromatic carbocycles. The number of aliphatic hydroxyl groups is 1. The van der Waals surface area contributed by atoms with E-state index in [1.807, 2.05) is 13.0 Å². The molecule has 0 aliphatic carbocycles. The SMILES string of the molecule is CCc1c(OC)c(OC)cc(Br)c1C(C)O. The van der Waals surface area contributed by atoms with Crippen molar-refractivity contribution in [3.63, 3.8) is 0 Å². The van der Waals surface area contributed by atoms with Crippen LogP contribution in [0.25, 0.3) is 0 Å². The Balaban J connectivity index is 3.51. The van der Waals surface area contributed by atoms with E-state index in [4.69, 9.17) is 9.47 Å². The van der Waals surface area contributed by atoms with Crippen molar-refractivity contribution in [3.8, 4) is 11.5 Å². The molecule has 0 heterocycles. The van der Waals surface area contributed by atoms with Gasteiger partial charge in [0.2, 0.25) is 0 Å². The summed E-state index contributed by atoms with van der Waals surface area (Å²) in [5.74, 6) is 1.37. The Morgan fingerprint density at radius 3 is 2.38 bits per heavy atom. The second-order valence-electron chi connectivity index (χ2n) is 3.52. The molecule has 0 saturated heterocycles. The molecule has 90 valence electrons. The lowest BCUT2D eigenvalue weighted by atomic mass is 9.99. The van der Waals surface area contributed by atoms with Crippen molar-refractivity contribution in [1.82, 2.24) is 0 Å². The Morgan fingerprint density at radius 1 is 1.38 bits per heavy atom. The summed E-state index contributed by atoms with van der Waals surface area (Å²) in [6, 6.07) is 1.82. The first-order chi connectivity index (χ1) is 7.56. The highest BCUT2D eigenvalue weighted by Crippen LogP contribution is 2.40. The van der Waals surface area contributed by atoms with E-state index in [0.29, 0.717) is 11.5 Å². The molecular weight excluding hydrogens is 272 g/mol. The van der Waals surface area contributed by atoms with E-state index in [1.54, 1.807) is 21.1 Å². The highest BCUT2D eigenvalue weighted by atomic mass is 79.9. The summed E-state index contributed by atoms with van der Waals surface area (Å²) < 4.78 is 11.4. The number of methoxy groups -OCH3 is 2. The molecule has 1 unspecified atom stereocenters. The predicted molar refractivity (Wildman–Crippen MR) is 67.3 cm³/mol. The third-order valence-corrected chi connectivity index (χ3v) is 3.19. The molecule has 3 nitrogen and oxygen atoms in total. The Hall–Kier alpha value is -0.740. The lowest BCUT2D eigenvalue weighted by Crippen LogP contribution is -2.04. The van der Waals surface area contributed by atoms with Gasteiger partial charge in [-0.15, -0.1) is 0 Å². The maximum absolute atomic E-state index is 9.77. The molecule has 1 rings (SSSR count). The van der Waals surface area contributed by atoms with Gasteiger partial charge in [-0.1, -0.05) is 22.9 Å². The summed E-state index contributed by atoms with van der Waals surface area (Å²) in [6.45, 7) is 3.76. The average Bonchev–Trinajstić information content (AvgIpc) is 2.26.